The first-order chi connectivity index (χ1) is 13.2. The molecule has 0 aliphatic heterocycles. The molecule has 0 fully saturated rings. The number of Topliss-reactive ketones (excluding diaryl/α,β-unsaturated/α-hetero) is 1. The lowest BCUT2D eigenvalue weighted by atomic mass is 10.3. The van der Waals surface area contributed by atoms with Crippen molar-refractivity contribution in [2.45, 2.75) is 6.42 Å². The van der Waals surface area contributed by atoms with Crippen LogP contribution in [0.2, 0.25) is 0 Å². The maximum Gasteiger partial charge on any atom is 0.313 e. The Balaban J connectivity index is 2.33. The molecular formula is C23H21O3P. The van der Waals surface area contributed by atoms with E-state index in [0.29, 0.717) is 0 Å². The van der Waals surface area contributed by atoms with E-state index >= 15 is 0 Å². The fraction of sp³-hybridized carbons (Fsp3) is 0.0870. The number of ether oxygens (including phenoxy) is 1. The smallest absolute Gasteiger partial charge is 0.313 e. The highest BCUT2D eigenvalue weighted by atomic mass is 31.2. The van der Waals surface area contributed by atoms with Gasteiger partial charge in [0, 0.05) is 0 Å². The first-order valence-electron chi connectivity index (χ1n) is 8.68. The van der Waals surface area contributed by atoms with E-state index < -0.39 is 12.9 Å². The minimum absolute atomic E-state index is 0.230. The molecule has 0 N–H and O–H groups in total. The van der Waals surface area contributed by atoms with Crippen LogP contribution in [0.25, 0.3) is 0 Å². The molecule has 0 atom stereocenters. The molecule has 0 radical (unpaired) electrons. The number of rotatable bonds is 6. The number of hydrogen-bond donors (Lipinski definition) is 0. The molecule has 0 aromatic heterocycles. The van der Waals surface area contributed by atoms with E-state index in [1.165, 1.54) is 7.11 Å². The summed E-state index contributed by atoms with van der Waals surface area (Å²) in [5.41, 5.74) is 0. The van der Waals surface area contributed by atoms with Crippen molar-refractivity contribution in [2.75, 3.05) is 7.11 Å². The molecule has 0 amide bonds. The molecule has 0 aliphatic carbocycles. The maximum atomic E-state index is 12.8. The highest BCUT2D eigenvalue weighted by Crippen LogP contribution is 2.43. The van der Waals surface area contributed by atoms with Gasteiger partial charge >= 0.3 is 5.97 Å². The Hall–Kier alpha value is -2.90. The first kappa shape index (κ1) is 18.9. The van der Waals surface area contributed by atoms with Gasteiger partial charge < -0.3 is 4.74 Å². The Kier molecular flexibility index (Phi) is 6.05. The summed E-state index contributed by atoms with van der Waals surface area (Å²) in [5, 5.41) is 3.21. The van der Waals surface area contributed by atoms with Crippen LogP contribution >= 0.6 is 6.89 Å². The third-order valence-corrected chi connectivity index (χ3v) is 8.39. The highest BCUT2D eigenvalue weighted by molar-refractivity contribution is 7.95. The van der Waals surface area contributed by atoms with Crippen LogP contribution in [0.15, 0.2) is 91.0 Å². The number of methoxy groups -OCH3 is 1. The molecule has 3 rings (SSSR count). The SMILES string of the molecule is COC(=O)CC(=O)C=P(c1ccccc1)(c1ccccc1)c1ccccc1. The number of ketones is 1. The lowest BCUT2D eigenvalue weighted by Gasteiger charge is -2.28. The van der Waals surface area contributed by atoms with Crippen LogP contribution in [0.5, 0.6) is 0 Å². The maximum absolute atomic E-state index is 12.8. The van der Waals surface area contributed by atoms with Crippen molar-refractivity contribution in [3.8, 4) is 0 Å². The number of hydrogen-bond acceptors (Lipinski definition) is 3. The first-order valence-corrected chi connectivity index (χ1v) is 10.5. The fourth-order valence-corrected chi connectivity index (χ4v) is 6.93. The highest BCUT2D eigenvalue weighted by Gasteiger charge is 2.26. The van der Waals surface area contributed by atoms with E-state index in [2.05, 4.69) is 41.1 Å². The summed E-state index contributed by atoms with van der Waals surface area (Å²) in [6.45, 7) is -2.36. The van der Waals surface area contributed by atoms with Gasteiger partial charge in [0.2, 0.25) is 0 Å². The van der Waals surface area contributed by atoms with Gasteiger partial charge in [-0.05, 0) is 28.6 Å². The van der Waals surface area contributed by atoms with E-state index in [4.69, 9.17) is 0 Å². The molecular weight excluding hydrogens is 355 g/mol. The van der Waals surface area contributed by atoms with Crippen molar-refractivity contribution >= 4 is 40.3 Å². The summed E-state index contributed by atoms with van der Waals surface area (Å²) in [6, 6.07) is 30.1. The number of benzene rings is 3. The molecule has 0 saturated carbocycles. The summed E-state index contributed by atoms with van der Waals surface area (Å²) < 4.78 is 4.69. The summed E-state index contributed by atoms with van der Waals surface area (Å²) in [5.74, 6) is 1.000. The van der Waals surface area contributed by atoms with E-state index in [9.17, 15) is 9.59 Å². The molecule has 27 heavy (non-hydrogen) atoms. The predicted molar refractivity (Wildman–Crippen MR) is 113 cm³/mol. The van der Waals surface area contributed by atoms with Gasteiger partial charge in [-0.3, -0.25) is 9.59 Å². The molecule has 0 heterocycles. The molecule has 3 aromatic rings. The van der Waals surface area contributed by atoms with Crippen molar-refractivity contribution in [3.05, 3.63) is 91.0 Å². The Morgan fingerprint density at radius 2 is 1.11 bits per heavy atom. The molecule has 0 saturated heterocycles. The fourth-order valence-electron chi connectivity index (χ4n) is 3.14. The number of esters is 1. The predicted octanol–water partition coefficient (Wildman–Crippen LogP) is 2.91. The Labute approximate surface area is 159 Å². The summed E-state index contributed by atoms with van der Waals surface area (Å²) in [7, 11) is 1.30. The van der Waals surface area contributed by atoms with Gasteiger partial charge in [-0.25, -0.2) is 0 Å². The normalized spacial score (nSPS) is 10.9. The molecule has 4 heteroatoms. The molecule has 3 aromatic carbocycles. The number of carbonyl (C=O) groups excluding carboxylic acids is 2. The van der Waals surface area contributed by atoms with Crippen LogP contribution in [0.1, 0.15) is 6.42 Å². The average Bonchev–Trinajstić information content (AvgIpc) is 2.74. The Bertz CT molecular complexity index is 861. The zero-order chi connectivity index (χ0) is 19.1. The van der Waals surface area contributed by atoms with Gasteiger partial charge in [0.25, 0.3) is 0 Å². The largest absolute Gasteiger partial charge is 0.469 e. The number of carbonyl (C=O) groups is 2. The zero-order valence-corrected chi connectivity index (χ0v) is 16.0. The second-order valence-electron chi connectivity index (χ2n) is 6.08. The van der Waals surface area contributed by atoms with Crippen LogP contribution in [-0.4, -0.2) is 24.7 Å². The molecule has 0 bridgehead atoms. The average molecular weight is 376 g/mol. The summed E-state index contributed by atoms with van der Waals surface area (Å²) in [4.78, 5) is 24.5. The van der Waals surface area contributed by atoms with E-state index in [-0.39, 0.29) is 12.2 Å². The van der Waals surface area contributed by atoms with Crippen LogP contribution in [0, 0.1) is 0 Å². The minimum atomic E-state index is -2.36. The van der Waals surface area contributed by atoms with Crippen LogP contribution in [0.4, 0.5) is 0 Å². The molecule has 136 valence electrons. The van der Waals surface area contributed by atoms with Gasteiger partial charge in [-0.2, -0.15) is 0 Å². The quantitative estimate of drug-likeness (QED) is 0.377. The van der Waals surface area contributed by atoms with Crippen molar-refractivity contribution in [1.29, 1.82) is 0 Å². The Morgan fingerprint density at radius 1 is 0.741 bits per heavy atom. The topological polar surface area (TPSA) is 43.4 Å². The second-order valence-corrected chi connectivity index (χ2v) is 9.33. The third kappa shape index (κ3) is 4.10. The molecule has 0 unspecified atom stereocenters. The third-order valence-electron chi connectivity index (χ3n) is 4.37. The van der Waals surface area contributed by atoms with Gasteiger partial charge in [0.05, 0.1) is 7.11 Å². The van der Waals surface area contributed by atoms with Crippen LogP contribution in [-0.2, 0) is 14.3 Å². The van der Waals surface area contributed by atoms with E-state index in [1.54, 1.807) is 5.80 Å². The van der Waals surface area contributed by atoms with Gasteiger partial charge in [-0.15, -0.1) is 0 Å². The van der Waals surface area contributed by atoms with Gasteiger partial charge in [0.1, 0.15) is 6.42 Å². The zero-order valence-electron chi connectivity index (χ0n) is 15.1. The molecule has 3 nitrogen and oxygen atoms in total. The molecule has 0 spiro atoms. The lowest BCUT2D eigenvalue weighted by molar-refractivity contribution is -0.142. The van der Waals surface area contributed by atoms with Crippen molar-refractivity contribution < 1.29 is 14.3 Å². The van der Waals surface area contributed by atoms with Crippen molar-refractivity contribution in [3.63, 3.8) is 0 Å². The minimum Gasteiger partial charge on any atom is -0.469 e. The van der Waals surface area contributed by atoms with E-state index in [1.807, 2.05) is 54.6 Å². The van der Waals surface area contributed by atoms with Crippen LogP contribution < -0.4 is 15.9 Å². The molecule has 0 aliphatic rings. The van der Waals surface area contributed by atoms with Gasteiger partial charge in [0.15, 0.2) is 5.78 Å². The van der Waals surface area contributed by atoms with Crippen LogP contribution in [0.3, 0.4) is 0 Å². The lowest BCUT2D eigenvalue weighted by Crippen LogP contribution is -2.29. The van der Waals surface area contributed by atoms with Gasteiger partial charge in [-0.1, -0.05) is 91.0 Å². The van der Waals surface area contributed by atoms with E-state index in [0.717, 1.165) is 15.9 Å². The standard InChI is InChI=1S/C23H21O3P/c1-26-23(25)17-19(24)18-27(20-11-5-2-6-12-20,21-13-7-3-8-14-21)22-15-9-4-10-16-22/h2-16,18H,17H2,1H3. The van der Waals surface area contributed by atoms with Crippen molar-refractivity contribution in [2.24, 2.45) is 0 Å². The summed E-state index contributed by atoms with van der Waals surface area (Å²) in [6.07, 6.45) is -0.259. The van der Waals surface area contributed by atoms with Crippen molar-refractivity contribution in [1.82, 2.24) is 0 Å². The Morgan fingerprint density at radius 3 is 1.44 bits per heavy atom. The second kappa shape index (κ2) is 8.66. The monoisotopic (exact) mass is 376 g/mol. The summed E-state index contributed by atoms with van der Waals surface area (Å²) >= 11 is 0.